The Hall–Kier alpha value is -1.71. The second-order valence-corrected chi connectivity index (χ2v) is 4.37. The summed E-state index contributed by atoms with van der Waals surface area (Å²) in [5, 5.41) is 0.617. The molecule has 0 aliphatic rings. The third kappa shape index (κ3) is 3.63. The number of benzene rings is 2. The summed E-state index contributed by atoms with van der Waals surface area (Å²) >= 11 is 6.08. The Morgan fingerprint density at radius 3 is 2.21 bits per heavy atom. The number of rotatable bonds is 5. The molecule has 0 spiro atoms. The van der Waals surface area contributed by atoms with Gasteiger partial charge in [-0.1, -0.05) is 17.7 Å². The van der Waals surface area contributed by atoms with Crippen LogP contribution in [0.5, 0.6) is 17.2 Å². The zero-order valence-corrected chi connectivity index (χ0v) is 11.5. The van der Waals surface area contributed by atoms with E-state index in [2.05, 4.69) is 0 Å². The molecule has 0 aliphatic carbocycles. The lowest BCUT2D eigenvalue weighted by molar-refractivity contribution is 0.339. The average molecular weight is 278 g/mol. The van der Waals surface area contributed by atoms with Gasteiger partial charge in [0, 0.05) is 11.6 Å². The van der Waals surface area contributed by atoms with Crippen LogP contribution < -0.4 is 15.2 Å². The maximum Gasteiger partial charge on any atom is 0.128 e. The first-order chi connectivity index (χ1) is 9.22. The highest BCUT2D eigenvalue weighted by Gasteiger charge is 2.03. The fourth-order valence-corrected chi connectivity index (χ4v) is 1.91. The standard InChI is InChI=1S/C15H16ClNO2/c1-2-18-12-5-7-13(8-6-12)19-14-4-3-11(10-17)15(16)9-14/h3-9H,2,10,17H2,1H3. The van der Waals surface area contributed by atoms with Crippen LogP contribution in [0.4, 0.5) is 0 Å². The van der Waals surface area contributed by atoms with E-state index in [-0.39, 0.29) is 0 Å². The first-order valence-corrected chi connectivity index (χ1v) is 6.50. The Labute approximate surface area is 117 Å². The minimum atomic E-state index is 0.419. The Morgan fingerprint density at radius 1 is 1.00 bits per heavy atom. The Balaban J connectivity index is 2.10. The molecule has 0 saturated carbocycles. The van der Waals surface area contributed by atoms with E-state index in [4.69, 9.17) is 26.8 Å². The summed E-state index contributed by atoms with van der Waals surface area (Å²) in [6.45, 7) is 3.02. The van der Waals surface area contributed by atoms with Crippen molar-refractivity contribution in [3.8, 4) is 17.2 Å². The first-order valence-electron chi connectivity index (χ1n) is 6.12. The van der Waals surface area contributed by atoms with Crippen LogP contribution in [0.1, 0.15) is 12.5 Å². The van der Waals surface area contributed by atoms with E-state index in [1.807, 2.05) is 43.3 Å². The fraction of sp³-hybridized carbons (Fsp3) is 0.200. The molecule has 19 heavy (non-hydrogen) atoms. The summed E-state index contributed by atoms with van der Waals surface area (Å²) in [5.41, 5.74) is 6.46. The van der Waals surface area contributed by atoms with Crippen molar-refractivity contribution in [2.75, 3.05) is 6.61 Å². The van der Waals surface area contributed by atoms with E-state index in [0.29, 0.717) is 23.9 Å². The van der Waals surface area contributed by atoms with Crippen molar-refractivity contribution in [2.45, 2.75) is 13.5 Å². The van der Waals surface area contributed by atoms with Crippen LogP contribution in [0.3, 0.4) is 0 Å². The van der Waals surface area contributed by atoms with E-state index in [0.717, 1.165) is 17.1 Å². The van der Waals surface area contributed by atoms with Gasteiger partial charge in [-0.05, 0) is 48.9 Å². The molecule has 2 aromatic carbocycles. The second kappa shape index (κ2) is 6.45. The molecule has 100 valence electrons. The Bertz CT molecular complexity index is 540. The summed E-state index contributed by atoms with van der Waals surface area (Å²) in [7, 11) is 0. The largest absolute Gasteiger partial charge is 0.494 e. The zero-order valence-electron chi connectivity index (χ0n) is 10.7. The van der Waals surface area contributed by atoms with Gasteiger partial charge in [0.25, 0.3) is 0 Å². The SMILES string of the molecule is CCOc1ccc(Oc2ccc(CN)c(Cl)c2)cc1. The van der Waals surface area contributed by atoms with Crippen LogP contribution in [0.15, 0.2) is 42.5 Å². The van der Waals surface area contributed by atoms with Gasteiger partial charge in [0.2, 0.25) is 0 Å². The van der Waals surface area contributed by atoms with E-state index in [1.54, 1.807) is 6.07 Å². The van der Waals surface area contributed by atoms with E-state index < -0.39 is 0 Å². The highest BCUT2D eigenvalue weighted by atomic mass is 35.5. The van der Waals surface area contributed by atoms with Crippen LogP contribution >= 0.6 is 11.6 Å². The predicted octanol–water partition coefficient (Wildman–Crippen LogP) is 3.99. The highest BCUT2D eigenvalue weighted by molar-refractivity contribution is 6.31. The van der Waals surface area contributed by atoms with Crippen LogP contribution in [-0.4, -0.2) is 6.61 Å². The van der Waals surface area contributed by atoms with Crippen LogP contribution in [0.25, 0.3) is 0 Å². The lowest BCUT2D eigenvalue weighted by Crippen LogP contribution is -1.97. The maximum absolute atomic E-state index is 6.08. The number of hydrogen-bond acceptors (Lipinski definition) is 3. The molecule has 0 aliphatic heterocycles. The Kier molecular flexibility index (Phi) is 4.66. The van der Waals surface area contributed by atoms with Crippen molar-refractivity contribution in [1.82, 2.24) is 0 Å². The average Bonchev–Trinajstić information content (AvgIpc) is 2.42. The maximum atomic E-state index is 6.08. The van der Waals surface area contributed by atoms with Crippen molar-refractivity contribution < 1.29 is 9.47 Å². The van der Waals surface area contributed by atoms with Gasteiger partial charge in [0.15, 0.2) is 0 Å². The van der Waals surface area contributed by atoms with Gasteiger partial charge in [0.05, 0.1) is 6.61 Å². The zero-order chi connectivity index (χ0) is 13.7. The summed E-state index contributed by atoms with van der Waals surface area (Å²) in [5.74, 6) is 2.25. The molecule has 2 rings (SSSR count). The van der Waals surface area contributed by atoms with Gasteiger partial charge < -0.3 is 15.2 Å². The molecule has 0 amide bonds. The molecule has 0 heterocycles. The Morgan fingerprint density at radius 2 is 1.63 bits per heavy atom. The van der Waals surface area contributed by atoms with Crippen LogP contribution in [-0.2, 0) is 6.54 Å². The molecule has 2 N–H and O–H groups in total. The fourth-order valence-electron chi connectivity index (χ4n) is 1.66. The van der Waals surface area contributed by atoms with E-state index >= 15 is 0 Å². The molecule has 0 unspecified atom stereocenters. The molecule has 2 aromatic rings. The molecule has 4 heteroatoms. The molecule has 3 nitrogen and oxygen atoms in total. The number of nitrogens with two attached hydrogens (primary N) is 1. The van der Waals surface area contributed by atoms with Crippen molar-refractivity contribution in [1.29, 1.82) is 0 Å². The molecule has 0 aromatic heterocycles. The van der Waals surface area contributed by atoms with Crippen molar-refractivity contribution in [3.63, 3.8) is 0 Å². The van der Waals surface area contributed by atoms with Gasteiger partial charge in [-0.2, -0.15) is 0 Å². The highest BCUT2D eigenvalue weighted by Crippen LogP contribution is 2.27. The van der Waals surface area contributed by atoms with Crippen LogP contribution in [0.2, 0.25) is 5.02 Å². The normalized spacial score (nSPS) is 10.3. The molecular formula is C15H16ClNO2. The summed E-state index contributed by atoms with van der Waals surface area (Å²) in [6, 6.07) is 12.9. The lowest BCUT2D eigenvalue weighted by atomic mass is 10.2. The van der Waals surface area contributed by atoms with Gasteiger partial charge in [0.1, 0.15) is 17.2 Å². The molecule has 0 saturated heterocycles. The number of ether oxygens (including phenoxy) is 2. The quantitative estimate of drug-likeness (QED) is 0.899. The van der Waals surface area contributed by atoms with Crippen molar-refractivity contribution >= 4 is 11.6 Å². The van der Waals surface area contributed by atoms with Gasteiger partial charge in [-0.25, -0.2) is 0 Å². The van der Waals surface area contributed by atoms with Crippen molar-refractivity contribution in [3.05, 3.63) is 53.1 Å². The third-order valence-electron chi connectivity index (χ3n) is 2.61. The second-order valence-electron chi connectivity index (χ2n) is 3.96. The number of halogens is 1. The molecule has 0 bridgehead atoms. The van der Waals surface area contributed by atoms with Gasteiger partial charge in [-0.3, -0.25) is 0 Å². The monoisotopic (exact) mass is 277 g/mol. The smallest absolute Gasteiger partial charge is 0.128 e. The summed E-state index contributed by atoms with van der Waals surface area (Å²) < 4.78 is 11.1. The summed E-state index contributed by atoms with van der Waals surface area (Å²) in [4.78, 5) is 0. The molecule has 0 fully saturated rings. The van der Waals surface area contributed by atoms with Crippen molar-refractivity contribution in [2.24, 2.45) is 5.73 Å². The van der Waals surface area contributed by atoms with E-state index in [1.165, 1.54) is 0 Å². The lowest BCUT2D eigenvalue weighted by Gasteiger charge is -2.09. The van der Waals surface area contributed by atoms with Gasteiger partial charge in [-0.15, -0.1) is 0 Å². The summed E-state index contributed by atoms with van der Waals surface area (Å²) in [6.07, 6.45) is 0. The molecular weight excluding hydrogens is 262 g/mol. The third-order valence-corrected chi connectivity index (χ3v) is 2.97. The molecule has 0 radical (unpaired) electrons. The van der Waals surface area contributed by atoms with E-state index in [9.17, 15) is 0 Å². The van der Waals surface area contributed by atoms with Gasteiger partial charge >= 0.3 is 0 Å². The van der Waals surface area contributed by atoms with Crippen LogP contribution in [0, 0.1) is 0 Å². The number of hydrogen-bond donors (Lipinski definition) is 1. The first kappa shape index (κ1) is 13.7. The predicted molar refractivity (Wildman–Crippen MR) is 77.0 cm³/mol. The minimum Gasteiger partial charge on any atom is -0.494 e. The topological polar surface area (TPSA) is 44.5 Å². The minimum absolute atomic E-state index is 0.419. The molecule has 0 atom stereocenters.